The van der Waals surface area contributed by atoms with E-state index in [-0.39, 0.29) is 6.04 Å². The second-order valence-electron chi connectivity index (χ2n) is 9.42. The minimum Gasteiger partial charge on any atom is -0.477 e. The van der Waals surface area contributed by atoms with Crippen molar-refractivity contribution < 1.29 is 9.84 Å². The highest BCUT2D eigenvalue weighted by molar-refractivity contribution is 6.29. The van der Waals surface area contributed by atoms with Crippen molar-refractivity contribution in [1.29, 1.82) is 0 Å². The lowest BCUT2D eigenvalue weighted by molar-refractivity contribution is 0.0782. The fraction of sp³-hybridized carbons (Fsp3) is 0.346. The topological polar surface area (TPSA) is 137 Å². The minimum absolute atomic E-state index is 0.0364. The number of aromatic nitrogens is 6. The van der Waals surface area contributed by atoms with Crippen molar-refractivity contribution in [3.8, 4) is 28.5 Å². The van der Waals surface area contributed by atoms with Gasteiger partial charge in [0.1, 0.15) is 16.5 Å². The molecular formula is C26H31ClN8O2. The number of anilines is 2. The van der Waals surface area contributed by atoms with Crippen molar-refractivity contribution in [2.75, 3.05) is 17.7 Å². The molecule has 0 unspecified atom stereocenters. The Kier molecular flexibility index (Phi) is 7.60. The molecule has 0 aliphatic heterocycles. The summed E-state index contributed by atoms with van der Waals surface area (Å²) in [6.45, 7) is 7.82. The van der Waals surface area contributed by atoms with E-state index >= 15 is 0 Å². The third kappa shape index (κ3) is 6.15. The smallest absolute Gasteiger partial charge is 0.223 e. The van der Waals surface area contributed by atoms with Crippen LogP contribution in [0.2, 0.25) is 5.15 Å². The number of aryl methyl sites for hydroxylation is 2. The Morgan fingerprint density at radius 3 is 2.65 bits per heavy atom. The van der Waals surface area contributed by atoms with E-state index in [1.165, 1.54) is 0 Å². The number of nitrogen functional groups attached to an aromatic ring is 1. The Morgan fingerprint density at radius 2 is 1.97 bits per heavy atom. The molecule has 4 N–H and O–H groups in total. The van der Waals surface area contributed by atoms with Crippen LogP contribution in [-0.4, -0.2) is 47.5 Å². The van der Waals surface area contributed by atoms with Gasteiger partial charge in [0.15, 0.2) is 5.82 Å². The molecule has 0 saturated heterocycles. The molecule has 0 bridgehead atoms. The lowest BCUT2D eigenvalue weighted by Crippen LogP contribution is -2.19. The molecule has 0 saturated carbocycles. The van der Waals surface area contributed by atoms with Crippen molar-refractivity contribution in [3.63, 3.8) is 0 Å². The lowest BCUT2D eigenvalue weighted by Gasteiger charge is -2.20. The minimum atomic E-state index is -0.967. The fourth-order valence-electron chi connectivity index (χ4n) is 3.89. The molecule has 0 amide bonds. The van der Waals surface area contributed by atoms with Crippen LogP contribution in [0.25, 0.3) is 22.6 Å². The van der Waals surface area contributed by atoms with Gasteiger partial charge in [-0.25, -0.2) is 19.6 Å². The van der Waals surface area contributed by atoms with Gasteiger partial charge in [0.25, 0.3) is 0 Å². The quantitative estimate of drug-likeness (QED) is 0.273. The first-order valence-electron chi connectivity index (χ1n) is 11.9. The fourth-order valence-corrected chi connectivity index (χ4v) is 4.05. The Hall–Kier alpha value is -3.76. The second kappa shape index (κ2) is 10.7. The van der Waals surface area contributed by atoms with Gasteiger partial charge in [-0.2, -0.15) is 5.10 Å². The van der Waals surface area contributed by atoms with Crippen LogP contribution in [0.3, 0.4) is 0 Å². The molecule has 0 aliphatic rings. The Bertz CT molecular complexity index is 1380. The van der Waals surface area contributed by atoms with Crippen LogP contribution in [0.4, 0.5) is 11.5 Å². The summed E-state index contributed by atoms with van der Waals surface area (Å²) in [5, 5.41) is 18.6. The number of nitrogens with one attached hydrogen (secondary N) is 1. The number of rotatable bonds is 9. The summed E-state index contributed by atoms with van der Waals surface area (Å²) < 4.78 is 7.82. The Morgan fingerprint density at radius 1 is 1.19 bits per heavy atom. The predicted molar refractivity (Wildman–Crippen MR) is 144 cm³/mol. The molecule has 4 aromatic rings. The summed E-state index contributed by atoms with van der Waals surface area (Å²) in [4.78, 5) is 17.4. The Labute approximate surface area is 220 Å². The third-order valence-corrected chi connectivity index (χ3v) is 6.09. The second-order valence-corrected chi connectivity index (χ2v) is 9.81. The zero-order valence-electron chi connectivity index (χ0n) is 21.5. The van der Waals surface area contributed by atoms with Crippen LogP contribution in [0.15, 0.2) is 42.9 Å². The summed E-state index contributed by atoms with van der Waals surface area (Å²) in [7, 11) is 1.82. The molecule has 0 spiro atoms. The summed E-state index contributed by atoms with van der Waals surface area (Å²) in [6, 6.07) is 7.17. The zero-order chi connectivity index (χ0) is 26.7. The maximum atomic E-state index is 10.2. The molecule has 0 fully saturated rings. The molecule has 11 heteroatoms. The van der Waals surface area contributed by atoms with Gasteiger partial charge in [0.2, 0.25) is 5.88 Å². The molecule has 0 aromatic carbocycles. The average Bonchev–Trinajstić information content (AvgIpc) is 3.11. The number of hydrogen-bond acceptors (Lipinski definition) is 9. The first-order chi connectivity index (χ1) is 17.5. The van der Waals surface area contributed by atoms with Gasteiger partial charge in [-0.1, -0.05) is 17.7 Å². The maximum Gasteiger partial charge on any atom is 0.223 e. The van der Waals surface area contributed by atoms with E-state index in [0.29, 0.717) is 35.7 Å². The molecular weight excluding hydrogens is 492 g/mol. The normalized spacial score (nSPS) is 12.4. The zero-order valence-corrected chi connectivity index (χ0v) is 22.3. The maximum absolute atomic E-state index is 10.2. The average molecular weight is 523 g/mol. The molecule has 1 atom stereocenters. The van der Waals surface area contributed by atoms with Crippen LogP contribution < -0.4 is 15.8 Å². The first-order valence-corrected chi connectivity index (χ1v) is 12.3. The van der Waals surface area contributed by atoms with E-state index in [9.17, 15) is 5.11 Å². The first kappa shape index (κ1) is 26.3. The number of hydrogen-bond donors (Lipinski definition) is 3. The van der Waals surface area contributed by atoms with Gasteiger partial charge in [-0.15, -0.1) is 0 Å². The number of aliphatic hydroxyl groups is 1. The van der Waals surface area contributed by atoms with E-state index in [2.05, 4.69) is 37.3 Å². The number of ether oxygens (including phenoxy) is 1. The van der Waals surface area contributed by atoms with Crippen molar-refractivity contribution in [3.05, 3.63) is 59.3 Å². The van der Waals surface area contributed by atoms with Gasteiger partial charge < -0.3 is 20.9 Å². The molecule has 194 valence electrons. The number of halogens is 1. The molecule has 0 aliphatic carbocycles. The van der Waals surface area contributed by atoms with Gasteiger partial charge in [-0.3, -0.25) is 4.98 Å². The van der Waals surface area contributed by atoms with Crippen LogP contribution in [-0.2, 0) is 12.6 Å². The van der Waals surface area contributed by atoms with E-state index < -0.39 is 5.60 Å². The summed E-state index contributed by atoms with van der Waals surface area (Å²) >= 11 is 6.20. The predicted octanol–water partition coefficient (Wildman–Crippen LogP) is 4.38. The largest absolute Gasteiger partial charge is 0.477 e. The third-order valence-electron chi connectivity index (χ3n) is 5.88. The standard InChI is InChI=1S/C26H31ClN8O2/c1-15(9-11-37-25-23(16(2)34-35(25)5)24-29-10-8-22(28)33-24)32-20-12-21(27)31-14-18(20)19-7-6-17(13-30-19)26(3,4)36/h6-8,10,12-15,36H,9,11H2,1-5H3,(H,31,32)(H2,28,29,33)/t15-/m0/s1. The van der Waals surface area contributed by atoms with Crippen molar-refractivity contribution in [1.82, 2.24) is 29.7 Å². The van der Waals surface area contributed by atoms with Gasteiger partial charge >= 0.3 is 0 Å². The number of pyridine rings is 2. The number of nitrogens with two attached hydrogens (primary N) is 1. The SMILES string of the molecule is Cc1nn(C)c(OCC[C@H](C)Nc2cc(Cl)ncc2-c2ccc(C(C)(C)O)cn2)c1-c1nccc(N)n1. The highest BCUT2D eigenvalue weighted by atomic mass is 35.5. The highest BCUT2D eigenvalue weighted by Crippen LogP contribution is 2.32. The van der Waals surface area contributed by atoms with Crippen molar-refractivity contribution >= 4 is 23.1 Å². The van der Waals surface area contributed by atoms with Crippen molar-refractivity contribution in [2.45, 2.75) is 45.8 Å². The summed E-state index contributed by atoms with van der Waals surface area (Å²) in [5.41, 5.74) is 9.43. The van der Waals surface area contributed by atoms with E-state index in [1.54, 1.807) is 49.3 Å². The summed E-state index contributed by atoms with van der Waals surface area (Å²) in [5.74, 6) is 1.44. The van der Waals surface area contributed by atoms with Crippen LogP contribution >= 0.6 is 11.6 Å². The molecule has 0 radical (unpaired) electrons. The van der Waals surface area contributed by atoms with Crippen LogP contribution in [0.5, 0.6) is 5.88 Å². The van der Waals surface area contributed by atoms with E-state index in [4.69, 9.17) is 22.1 Å². The van der Waals surface area contributed by atoms with Gasteiger partial charge in [-0.05, 0) is 45.9 Å². The van der Waals surface area contributed by atoms with Crippen LogP contribution in [0, 0.1) is 6.92 Å². The molecule has 10 nitrogen and oxygen atoms in total. The monoisotopic (exact) mass is 522 g/mol. The van der Waals surface area contributed by atoms with Crippen molar-refractivity contribution in [2.24, 2.45) is 7.05 Å². The van der Waals surface area contributed by atoms with Gasteiger partial charge in [0.05, 0.1) is 23.6 Å². The van der Waals surface area contributed by atoms with Gasteiger partial charge in [0, 0.05) is 54.9 Å². The lowest BCUT2D eigenvalue weighted by atomic mass is 9.99. The highest BCUT2D eigenvalue weighted by Gasteiger charge is 2.20. The molecule has 4 rings (SSSR count). The van der Waals surface area contributed by atoms with Crippen LogP contribution in [0.1, 0.15) is 38.4 Å². The van der Waals surface area contributed by atoms with E-state index in [1.807, 2.05) is 26.1 Å². The van der Waals surface area contributed by atoms with E-state index in [0.717, 1.165) is 33.8 Å². The molecule has 4 heterocycles. The Balaban J connectivity index is 1.46. The molecule has 4 aromatic heterocycles. The number of nitrogens with zero attached hydrogens (tertiary/aromatic N) is 6. The molecule has 37 heavy (non-hydrogen) atoms. The summed E-state index contributed by atoms with van der Waals surface area (Å²) in [6.07, 6.45) is 5.66.